The van der Waals surface area contributed by atoms with E-state index in [0.717, 1.165) is 5.75 Å². The topological polar surface area (TPSA) is 38.3 Å². The molecule has 1 N–H and O–H groups in total. The Kier molecular flexibility index (Phi) is 3.71. The van der Waals surface area contributed by atoms with E-state index in [0.29, 0.717) is 17.3 Å². The summed E-state index contributed by atoms with van der Waals surface area (Å²) in [6, 6.07) is 0. The molecule has 0 bridgehead atoms. The van der Waals surface area contributed by atoms with Gasteiger partial charge in [0.05, 0.1) is 13.2 Å². The molecule has 1 rings (SSSR count). The molecule has 0 spiro atoms. The molecule has 1 amide bonds. The number of amides is 1. The SMILES string of the molecule is C#CCNC(=O)C1=C(C)OCCS1. The van der Waals surface area contributed by atoms with Crippen LogP contribution in [-0.2, 0) is 9.53 Å². The average molecular weight is 197 g/mol. The first-order valence-electron chi connectivity index (χ1n) is 3.94. The fourth-order valence-corrected chi connectivity index (χ4v) is 1.78. The van der Waals surface area contributed by atoms with Crippen molar-refractivity contribution in [3.05, 3.63) is 10.7 Å². The van der Waals surface area contributed by atoms with Crippen molar-refractivity contribution in [3.8, 4) is 12.3 Å². The fourth-order valence-electron chi connectivity index (χ4n) is 0.943. The summed E-state index contributed by atoms with van der Waals surface area (Å²) in [4.78, 5) is 12.0. The highest BCUT2D eigenvalue weighted by Crippen LogP contribution is 2.24. The molecule has 0 radical (unpaired) electrons. The van der Waals surface area contributed by atoms with Crippen molar-refractivity contribution in [3.63, 3.8) is 0 Å². The van der Waals surface area contributed by atoms with Crippen LogP contribution < -0.4 is 5.32 Å². The Morgan fingerprint density at radius 2 is 2.62 bits per heavy atom. The van der Waals surface area contributed by atoms with Crippen LogP contribution in [0.4, 0.5) is 0 Å². The van der Waals surface area contributed by atoms with Gasteiger partial charge in [-0.2, -0.15) is 0 Å². The number of ether oxygens (including phenoxy) is 1. The van der Waals surface area contributed by atoms with Crippen LogP contribution in [0.5, 0.6) is 0 Å². The Morgan fingerprint density at radius 1 is 1.85 bits per heavy atom. The molecular formula is C9H11NO2S. The van der Waals surface area contributed by atoms with Gasteiger partial charge >= 0.3 is 0 Å². The van der Waals surface area contributed by atoms with Gasteiger partial charge in [-0.3, -0.25) is 4.79 Å². The predicted molar refractivity (Wildman–Crippen MR) is 53.0 cm³/mol. The largest absolute Gasteiger partial charge is 0.496 e. The number of rotatable bonds is 2. The number of hydrogen-bond donors (Lipinski definition) is 1. The van der Waals surface area contributed by atoms with Crippen LogP contribution in [0, 0.1) is 12.3 Å². The van der Waals surface area contributed by atoms with E-state index < -0.39 is 0 Å². The number of allylic oxidation sites excluding steroid dienone is 1. The van der Waals surface area contributed by atoms with E-state index in [1.54, 1.807) is 6.92 Å². The summed E-state index contributed by atoms with van der Waals surface area (Å²) in [7, 11) is 0. The lowest BCUT2D eigenvalue weighted by Gasteiger charge is -2.17. The minimum atomic E-state index is -0.139. The Hall–Kier alpha value is -1.08. The molecule has 0 atom stereocenters. The first kappa shape index (κ1) is 10.0. The van der Waals surface area contributed by atoms with Gasteiger partial charge in [0.15, 0.2) is 0 Å². The standard InChI is InChI=1S/C9H11NO2S/c1-3-4-10-9(11)8-7(2)12-5-6-13-8/h1H,4-6H2,2H3,(H,10,11). The molecule has 0 aromatic carbocycles. The van der Waals surface area contributed by atoms with Crippen molar-refractivity contribution in [2.45, 2.75) is 6.92 Å². The van der Waals surface area contributed by atoms with Crippen LogP contribution >= 0.6 is 11.8 Å². The molecule has 1 aliphatic heterocycles. The minimum Gasteiger partial charge on any atom is -0.496 e. The van der Waals surface area contributed by atoms with Gasteiger partial charge in [0.25, 0.3) is 5.91 Å². The Bertz CT molecular complexity index is 278. The highest BCUT2D eigenvalue weighted by Gasteiger charge is 2.17. The Labute approximate surface area is 81.9 Å². The lowest BCUT2D eigenvalue weighted by atomic mass is 10.4. The molecule has 0 fully saturated rings. The summed E-state index contributed by atoms with van der Waals surface area (Å²) in [5, 5.41) is 2.60. The molecule has 4 heteroatoms. The van der Waals surface area contributed by atoms with Gasteiger partial charge in [-0.25, -0.2) is 0 Å². The normalized spacial score (nSPS) is 16.0. The first-order chi connectivity index (χ1) is 6.25. The molecule has 0 saturated carbocycles. The monoisotopic (exact) mass is 197 g/mol. The third-order valence-corrected chi connectivity index (χ3v) is 2.66. The first-order valence-corrected chi connectivity index (χ1v) is 4.92. The minimum absolute atomic E-state index is 0.139. The van der Waals surface area contributed by atoms with Crippen LogP contribution in [0.2, 0.25) is 0 Å². The molecule has 0 aromatic heterocycles. The number of thioether (sulfide) groups is 1. The maximum absolute atomic E-state index is 11.4. The number of carbonyl (C=O) groups excluding carboxylic acids is 1. The molecule has 0 aromatic rings. The zero-order valence-corrected chi connectivity index (χ0v) is 8.24. The molecule has 13 heavy (non-hydrogen) atoms. The van der Waals surface area contributed by atoms with Crippen LogP contribution in [0.25, 0.3) is 0 Å². The molecule has 70 valence electrons. The second-order valence-corrected chi connectivity index (χ2v) is 3.57. The van der Waals surface area contributed by atoms with Gasteiger partial charge in [0, 0.05) is 5.75 Å². The van der Waals surface area contributed by atoms with Gasteiger partial charge in [-0.1, -0.05) is 5.92 Å². The quantitative estimate of drug-likeness (QED) is 0.663. The molecule has 1 aliphatic rings. The third-order valence-electron chi connectivity index (χ3n) is 1.53. The zero-order valence-electron chi connectivity index (χ0n) is 7.42. The number of terminal acetylenes is 1. The van der Waals surface area contributed by atoms with Gasteiger partial charge in [-0.15, -0.1) is 18.2 Å². The average Bonchev–Trinajstić information content (AvgIpc) is 2.15. The fraction of sp³-hybridized carbons (Fsp3) is 0.444. The summed E-state index contributed by atoms with van der Waals surface area (Å²) in [5.74, 6) is 3.71. The molecule has 1 heterocycles. The van der Waals surface area contributed by atoms with Gasteiger partial charge < -0.3 is 10.1 Å². The van der Waals surface area contributed by atoms with E-state index >= 15 is 0 Å². The van der Waals surface area contributed by atoms with Crippen LogP contribution in [0.15, 0.2) is 10.7 Å². The van der Waals surface area contributed by atoms with Crippen LogP contribution in [0.1, 0.15) is 6.92 Å². The number of carbonyl (C=O) groups is 1. The Morgan fingerprint density at radius 3 is 3.23 bits per heavy atom. The third kappa shape index (κ3) is 2.71. The Balaban J connectivity index is 2.59. The summed E-state index contributed by atoms with van der Waals surface area (Å²) in [6.45, 7) is 2.72. The maximum atomic E-state index is 11.4. The number of hydrogen-bond acceptors (Lipinski definition) is 3. The number of nitrogens with one attached hydrogen (secondary N) is 1. The lowest BCUT2D eigenvalue weighted by molar-refractivity contribution is -0.116. The van der Waals surface area contributed by atoms with E-state index in [-0.39, 0.29) is 12.5 Å². The van der Waals surface area contributed by atoms with E-state index in [4.69, 9.17) is 11.2 Å². The van der Waals surface area contributed by atoms with Crippen molar-refractivity contribution < 1.29 is 9.53 Å². The highest BCUT2D eigenvalue weighted by atomic mass is 32.2. The molecular weight excluding hydrogens is 186 g/mol. The van der Waals surface area contributed by atoms with Crippen molar-refractivity contribution in [2.24, 2.45) is 0 Å². The van der Waals surface area contributed by atoms with E-state index in [2.05, 4.69) is 11.2 Å². The van der Waals surface area contributed by atoms with Gasteiger partial charge in [0.1, 0.15) is 10.7 Å². The summed E-state index contributed by atoms with van der Waals surface area (Å²) < 4.78 is 5.24. The highest BCUT2D eigenvalue weighted by molar-refractivity contribution is 8.04. The molecule has 0 saturated heterocycles. The summed E-state index contributed by atoms with van der Waals surface area (Å²) in [5.41, 5.74) is 0. The molecule has 3 nitrogen and oxygen atoms in total. The van der Waals surface area contributed by atoms with Crippen molar-refractivity contribution in [2.75, 3.05) is 18.9 Å². The zero-order chi connectivity index (χ0) is 9.68. The summed E-state index contributed by atoms with van der Waals surface area (Å²) >= 11 is 1.50. The smallest absolute Gasteiger partial charge is 0.261 e. The molecule has 0 aliphatic carbocycles. The lowest BCUT2D eigenvalue weighted by Crippen LogP contribution is -2.26. The van der Waals surface area contributed by atoms with Gasteiger partial charge in [0.2, 0.25) is 0 Å². The van der Waals surface area contributed by atoms with Crippen molar-refractivity contribution >= 4 is 17.7 Å². The van der Waals surface area contributed by atoms with E-state index in [1.165, 1.54) is 11.8 Å². The van der Waals surface area contributed by atoms with Crippen molar-refractivity contribution in [1.82, 2.24) is 5.32 Å². The van der Waals surface area contributed by atoms with E-state index in [1.807, 2.05) is 0 Å². The van der Waals surface area contributed by atoms with Crippen LogP contribution in [0.3, 0.4) is 0 Å². The van der Waals surface area contributed by atoms with E-state index in [9.17, 15) is 4.79 Å². The summed E-state index contributed by atoms with van der Waals surface area (Å²) in [6.07, 6.45) is 5.02. The van der Waals surface area contributed by atoms with Crippen molar-refractivity contribution in [1.29, 1.82) is 0 Å². The van der Waals surface area contributed by atoms with Gasteiger partial charge in [-0.05, 0) is 6.92 Å². The second kappa shape index (κ2) is 4.83. The van der Waals surface area contributed by atoms with Crippen LogP contribution in [-0.4, -0.2) is 24.8 Å². The maximum Gasteiger partial charge on any atom is 0.261 e. The molecule has 0 unspecified atom stereocenters. The predicted octanol–water partition coefficient (Wildman–Crippen LogP) is 0.731. The second-order valence-electron chi connectivity index (χ2n) is 2.47.